The van der Waals surface area contributed by atoms with Gasteiger partial charge in [0.15, 0.2) is 11.6 Å². The van der Waals surface area contributed by atoms with E-state index in [0.29, 0.717) is 73.4 Å². The molecule has 0 bridgehead atoms. The van der Waals surface area contributed by atoms with Crippen molar-refractivity contribution >= 4 is 17.3 Å². The molecule has 3 rings (SSSR count). The Bertz CT molecular complexity index is 902. The number of Topliss-reactive ketones (excluding diaryl/α,β-unsaturated/α-hetero) is 2. The molecule has 0 amide bonds. The third-order valence-corrected chi connectivity index (χ3v) is 5.94. The number of carbonyl (C=O) groups is 2. The van der Waals surface area contributed by atoms with Crippen LogP contribution in [0.4, 0.5) is 0 Å². The SMILES string of the molecule is CCCCN=C(CCc1noc2c1C(=O)CC(C)(C)C2)C1=C(O)CC(C)(C)CC1=O. The standard InChI is InChI=1S/C24H34N2O4/c1-6-7-10-25-15(21-17(27)11-23(2,3)12-18(21)28)8-9-16-22-19(29)13-24(4,5)14-20(22)30-26-16/h27H,6-14H2,1-5H3. The number of aliphatic hydroxyl groups excluding tert-OH is 1. The maximum Gasteiger partial charge on any atom is 0.168 e. The zero-order valence-corrected chi connectivity index (χ0v) is 18.9. The second-order valence-corrected chi connectivity index (χ2v) is 10.3. The largest absolute Gasteiger partial charge is 0.511 e. The smallest absolute Gasteiger partial charge is 0.168 e. The van der Waals surface area contributed by atoms with Crippen LogP contribution in [0.3, 0.4) is 0 Å². The molecule has 1 heterocycles. The molecule has 0 saturated carbocycles. The minimum absolute atomic E-state index is 0.0565. The Morgan fingerprint density at radius 2 is 1.73 bits per heavy atom. The Kier molecular flexibility index (Phi) is 6.34. The van der Waals surface area contributed by atoms with Gasteiger partial charge in [-0.2, -0.15) is 0 Å². The van der Waals surface area contributed by atoms with E-state index in [-0.39, 0.29) is 28.2 Å². The summed E-state index contributed by atoms with van der Waals surface area (Å²) in [6.07, 6.45) is 4.87. The first kappa shape index (κ1) is 22.4. The predicted molar refractivity (Wildman–Crippen MR) is 116 cm³/mol. The van der Waals surface area contributed by atoms with Crippen LogP contribution in [0.25, 0.3) is 0 Å². The van der Waals surface area contributed by atoms with Crippen molar-refractivity contribution in [1.82, 2.24) is 5.16 Å². The summed E-state index contributed by atoms with van der Waals surface area (Å²) in [5.41, 5.74) is 1.88. The molecule has 6 nitrogen and oxygen atoms in total. The maximum atomic E-state index is 12.8. The highest BCUT2D eigenvalue weighted by molar-refractivity contribution is 6.23. The molecule has 0 unspecified atom stereocenters. The second kappa shape index (κ2) is 8.48. The monoisotopic (exact) mass is 414 g/mol. The van der Waals surface area contributed by atoms with Gasteiger partial charge in [0.25, 0.3) is 0 Å². The van der Waals surface area contributed by atoms with Crippen LogP contribution in [0.1, 0.15) is 95.0 Å². The highest BCUT2D eigenvalue weighted by atomic mass is 16.5. The van der Waals surface area contributed by atoms with Gasteiger partial charge < -0.3 is 9.63 Å². The van der Waals surface area contributed by atoms with E-state index in [0.717, 1.165) is 12.8 Å². The van der Waals surface area contributed by atoms with Gasteiger partial charge in [0.05, 0.1) is 16.8 Å². The Morgan fingerprint density at radius 1 is 1.07 bits per heavy atom. The third kappa shape index (κ3) is 4.90. The number of allylic oxidation sites excluding steroid dienone is 2. The summed E-state index contributed by atoms with van der Waals surface area (Å²) in [5.74, 6) is 0.804. The van der Waals surface area contributed by atoms with E-state index in [1.54, 1.807) is 0 Å². The number of hydrogen-bond donors (Lipinski definition) is 1. The number of hydrogen-bond acceptors (Lipinski definition) is 6. The van der Waals surface area contributed by atoms with Crippen LogP contribution in [0, 0.1) is 10.8 Å². The molecule has 0 aliphatic heterocycles. The lowest BCUT2D eigenvalue weighted by Crippen LogP contribution is -2.30. The first-order chi connectivity index (χ1) is 14.0. The van der Waals surface area contributed by atoms with Crippen molar-refractivity contribution in [3.05, 3.63) is 28.3 Å². The van der Waals surface area contributed by atoms with Gasteiger partial charge in [-0.15, -0.1) is 0 Å². The van der Waals surface area contributed by atoms with Gasteiger partial charge in [-0.25, -0.2) is 0 Å². The summed E-state index contributed by atoms with van der Waals surface area (Å²) in [4.78, 5) is 30.2. The quantitative estimate of drug-likeness (QED) is 0.489. The summed E-state index contributed by atoms with van der Waals surface area (Å²) in [6.45, 7) is 10.8. The van der Waals surface area contributed by atoms with Crippen molar-refractivity contribution in [2.45, 2.75) is 86.0 Å². The fourth-order valence-corrected chi connectivity index (χ4v) is 4.50. The average Bonchev–Trinajstić information content (AvgIpc) is 2.99. The maximum absolute atomic E-state index is 12.8. The molecule has 6 heteroatoms. The average molecular weight is 415 g/mol. The molecule has 0 atom stereocenters. The first-order valence-corrected chi connectivity index (χ1v) is 11.0. The molecular weight excluding hydrogens is 380 g/mol. The summed E-state index contributed by atoms with van der Waals surface area (Å²) in [5, 5.41) is 14.8. The number of aliphatic imine (C=N–C) groups is 1. The second-order valence-electron chi connectivity index (χ2n) is 10.3. The molecule has 1 aromatic rings. The third-order valence-electron chi connectivity index (χ3n) is 5.94. The number of unbranched alkanes of at least 4 members (excludes halogenated alkanes) is 1. The van der Waals surface area contributed by atoms with Crippen molar-refractivity contribution in [3.63, 3.8) is 0 Å². The number of carbonyl (C=O) groups excluding carboxylic acids is 2. The number of fused-ring (bicyclic) bond motifs is 1. The van der Waals surface area contributed by atoms with Gasteiger partial charge in [0, 0.05) is 37.9 Å². The van der Waals surface area contributed by atoms with E-state index in [4.69, 9.17) is 4.52 Å². The zero-order valence-electron chi connectivity index (χ0n) is 18.9. The molecular formula is C24H34N2O4. The lowest BCUT2D eigenvalue weighted by molar-refractivity contribution is -0.118. The summed E-state index contributed by atoms with van der Waals surface area (Å²) in [6, 6.07) is 0. The molecule has 0 aromatic carbocycles. The summed E-state index contributed by atoms with van der Waals surface area (Å²) >= 11 is 0. The number of aliphatic hydroxyl groups is 1. The highest BCUT2D eigenvalue weighted by Crippen LogP contribution is 2.38. The van der Waals surface area contributed by atoms with Gasteiger partial charge >= 0.3 is 0 Å². The van der Waals surface area contributed by atoms with Crippen LogP contribution in [0.15, 0.2) is 20.8 Å². The van der Waals surface area contributed by atoms with Crippen molar-refractivity contribution in [1.29, 1.82) is 0 Å². The molecule has 30 heavy (non-hydrogen) atoms. The van der Waals surface area contributed by atoms with Gasteiger partial charge in [-0.1, -0.05) is 46.2 Å². The first-order valence-electron chi connectivity index (χ1n) is 11.0. The number of rotatable bonds is 7. The lowest BCUT2D eigenvalue weighted by atomic mass is 9.74. The van der Waals surface area contributed by atoms with Crippen molar-refractivity contribution in [2.24, 2.45) is 15.8 Å². The van der Waals surface area contributed by atoms with E-state index in [1.807, 2.05) is 13.8 Å². The van der Waals surface area contributed by atoms with E-state index >= 15 is 0 Å². The minimum atomic E-state index is -0.246. The van der Waals surface area contributed by atoms with Gasteiger partial charge in [0.2, 0.25) is 0 Å². The molecule has 0 radical (unpaired) electrons. The Labute approximate surface area is 178 Å². The molecule has 2 aliphatic rings. The van der Waals surface area contributed by atoms with Crippen LogP contribution in [0.5, 0.6) is 0 Å². The molecule has 0 fully saturated rings. The van der Waals surface area contributed by atoms with Crippen LogP contribution in [-0.2, 0) is 17.6 Å². The summed E-state index contributed by atoms with van der Waals surface area (Å²) < 4.78 is 5.50. The van der Waals surface area contributed by atoms with Gasteiger partial charge in [0.1, 0.15) is 11.5 Å². The number of aromatic nitrogens is 1. The molecule has 1 N–H and O–H groups in total. The van der Waals surface area contributed by atoms with Gasteiger partial charge in [-0.3, -0.25) is 14.6 Å². The molecule has 2 aliphatic carbocycles. The zero-order chi connectivity index (χ0) is 22.1. The Morgan fingerprint density at radius 3 is 2.40 bits per heavy atom. The van der Waals surface area contributed by atoms with Crippen molar-refractivity contribution in [2.75, 3.05) is 6.54 Å². The highest BCUT2D eigenvalue weighted by Gasteiger charge is 2.37. The Balaban J connectivity index is 1.85. The number of nitrogens with zero attached hydrogens (tertiary/aromatic N) is 2. The van der Waals surface area contributed by atoms with E-state index in [9.17, 15) is 14.7 Å². The fourth-order valence-electron chi connectivity index (χ4n) is 4.50. The molecule has 0 spiro atoms. The predicted octanol–water partition coefficient (Wildman–Crippen LogP) is 5.20. The van der Waals surface area contributed by atoms with Crippen LogP contribution < -0.4 is 0 Å². The van der Waals surface area contributed by atoms with Gasteiger partial charge in [-0.05, 0) is 30.1 Å². The summed E-state index contributed by atoms with van der Waals surface area (Å²) in [7, 11) is 0. The topological polar surface area (TPSA) is 92.8 Å². The van der Waals surface area contributed by atoms with Crippen LogP contribution in [-0.4, -0.2) is 34.1 Å². The molecule has 0 saturated heterocycles. The van der Waals surface area contributed by atoms with E-state index < -0.39 is 0 Å². The fraction of sp³-hybridized carbons (Fsp3) is 0.667. The van der Waals surface area contributed by atoms with Crippen LogP contribution in [0.2, 0.25) is 0 Å². The number of ketones is 2. The van der Waals surface area contributed by atoms with Crippen molar-refractivity contribution in [3.8, 4) is 0 Å². The van der Waals surface area contributed by atoms with Crippen LogP contribution >= 0.6 is 0 Å². The minimum Gasteiger partial charge on any atom is -0.511 e. The van der Waals surface area contributed by atoms with E-state index in [1.165, 1.54) is 0 Å². The Hall–Kier alpha value is -2.24. The normalized spacial score (nSPS) is 21.2. The lowest BCUT2D eigenvalue weighted by Gasteiger charge is -2.30. The molecule has 1 aromatic heterocycles. The van der Waals surface area contributed by atoms with Crippen molar-refractivity contribution < 1.29 is 19.2 Å². The van der Waals surface area contributed by atoms with E-state index in [2.05, 4.69) is 30.9 Å². The number of aryl methyl sites for hydroxylation is 1. The molecule has 164 valence electrons.